The van der Waals surface area contributed by atoms with Gasteiger partial charge in [0, 0.05) is 19.6 Å². The predicted octanol–water partition coefficient (Wildman–Crippen LogP) is 3.81. The van der Waals surface area contributed by atoms with Crippen molar-refractivity contribution < 1.29 is 19.2 Å². The first-order valence-corrected chi connectivity index (χ1v) is 12.7. The van der Waals surface area contributed by atoms with Gasteiger partial charge < -0.3 is 20.9 Å². The van der Waals surface area contributed by atoms with Gasteiger partial charge in [-0.25, -0.2) is 4.79 Å². The van der Waals surface area contributed by atoms with Crippen LogP contribution in [0.4, 0.5) is 10.5 Å². The predicted molar refractivity (Wildman–Crippen MR) is 143 cm³/mol. The van der Waals surface area contributed by atoms with Gasteiger partial charge in [-0.05, 0) is 49.5 Å². The molecule has 5 amide bonds. The van der Waals surface area contributed by atoms with Gasteiger partial charge in [-0.1, -0.05) is 41.9 Å². The Morgan fingerprint density at radius 2 is 1.73 bits per heavy atom. The molecule has 11 heteroatoms. The number of urea groups is 1. The number of carbonyl (C=O) groups is 4. The molecule has 1 aromatic heterocycles. The number of benzene rings is 2. The lowest BCUT2D eigenvalue weighted by Crippen LogP contribution is -2.38. The monoisotopic (exact) mass is 539 g/mol. The third kappa shape index (κ3) is 6.34. The summed E-state index contributed by atoms with van der Waals surface area (Å²) in [5.41, 5.74) is 2.24. The maximum atomic E-state index is 13.3. The fourth-order valence-corrected chi connectivity index (χ4v) is 4.80. The van der Waals surface area contributed by atoms with Crippen LogP contribution in [-0.2, 0) is 13.1 Å². The molecule has 2 heterocycles. The van der Waals surface area contributed by atoms with E-state index in [1.54, 1.807) is 30.3 Å². The number of anilines is 1. The molecule has 0 radical (unpaired) electrons. The summed E-state index contributed by atoms with van der Waals surface area (Å²) in [7, 11) is 3.86. The van der Waals surface area contributed by atoms with Crippen molar-refractivity contribution in [2.24, 2.45) is 0 Å². The Kier molecular flexibility index (Phi) is 8.22. The molecule has 3 aromatic rings. The van der Waals surface area contributed by atoms with Crippen LogP contribution in [0, 0.1) is 0 Å². The highest BCUT2D eigenvalue weighted by Gasteiger charge is 2.37. The van der Waals surface area contributed by atoms with E-state index in [4.69, 9.17) is 11.6 Å². The van der Waals surface area contributed by atoms with E-state index in [0.717, 1.165) is 33.9 Å². The van der Waals surface area contributed by atoms with E-state index < -0.39 is 17.7 Å². The Morgan fingerprint density at radius 1 is 0.973 bits per heavy atom. The van der Waals surface area contributed by atoms with Crippen LogP contribution in [-0.4, -0.2) is 60.7 Å². The summed E-state index contributed by atoms with van der Waals surface area (Å²) in [6, 6.07) is 15.1. The number of hydrogen-bond donors (Lipinski definition) is 3. The zero-order chi connectivity index (χ0) is 26.5. The summed E-state index contributed by atoms with van der Waals surface area (Å²) in [5, 5.41) is 8.32. The number of likely N-dealkylation sites (N-methyl/N-ethyl adjacent to an activating group) is 1. The van der Waals surface area contributed by atoms with Gasteiger partial charge in [0.2, 0.25) is 0 Å². The number of fused-ring (bicyclic) bond motifs is 1. The minimum absolute atomic E-state index is 0.0587. The molecular formula is C26H26ClN5O4S. The highest BCUT2D eigenvalue weighted by atomic mass is 35.5. The van der Waals surface area contributed by atoms with Crippen molar-refractivity contribution in [3.63, 3.8) is 0 Å². The van der Waals surface area contributed by atoms with Crippen LogP contribution in [0.15, 0.2) is 54.6 Å². The van der Waals surface area contributed by atoms with Crippen molar-refractivity contribution in [1.29, 1.82) is 0 Å². The molecule has 0 saturated carbocycles. The first-order valence-electron chi connectivity index (χ1n) is 11.5. The van der Waals surface area contributed by atoms with E-state index >= 15 is 0 Å². The normalized spacial score (nSPS) is 12.6. The molecule has 1 aliphatic rings. The summed E-state index contributed by atoms with van der Waals surface area (Å²) in [6.45, 7) is 1.62. The lowest BCUT2D eigenvalue weighted by molar-refractivity contribution is 0.0642. The topological polar surface area (TPSA) is 111 Å². The molecule has 0 unspecified atom stereocenters. The van der Waals surface area contributed by atoms with Crippen LogP contribution in [0.1, 0.15) is 41.5 Å². The van der Waals surface area contributed by atoms with Crippen molar-refractivity contribution in [3.8, 4) is 0 Å². The van der Waals surface area contributed by atoms with E-state index in [1.165, 1.54) is 0 Å². The van der Waals surface area contributed by atoms with Crippen molar-refractivity contribution in [3.05, 3.63) is 86.1 Å². The highest BCUT2D eigenvalue weighted by molar-refractivity contribution is 7.18. The molecule has 0 atom stereocenters. The average Bonchev–Trinajstić information content (AvgIpc) is 3.40. The molecule has 0 saturated heterocycles. The fourth-order valence-electron chi connectivity index (χ4n) is 3.86. The highest BCUT2D eigenvalue weighted by Crippen LogP contribution is 2.31. The molecule has 192 valence electrons. The van der Waals surface area contributed by atoms with Gasteiger partial charge >= 0.3 is 6.03 Å². The minimum atomic E-state index is -0.482. The molecule has 0 spiro atoms. The second kappa shape index (κ2) is 11.5. The van der Waals surface area contributed by atoms with Crippen molar-refractivity contribution in [2.45, 2.75) is 13.1 Å². The molecule has 0 aliphatic carbocycles. The Morgan fingerprint density at radius 3 is 2.46 bits per heavy atom. The SMILES string of the molecule is CN(C)CCNC(=O)NCc1cccc(CN2C(=O)c3cccc(NC(=O)c4ccc(Cl)s4)c3C2=O)c1. The molecule has 9 nitrogen and oxygen atoms in total. The number of nitrogens with one attached hydrogen (secondary N) is 3. The number of carbonyl (C=O) groups excluding carboxylic acids is 4. The summed E-state index contributed by atoms with van der Waals surface area (Å²) < 4.78 is 0.475. The summed E-state index contributed by atoms with van der Waals surface area (Å²) >= 11 is 7.05. The Labute approximate surface area is 223 Å². The van der Waals surface area contributed by atoms with E-state index in [9.17, 15) is 19.2 Å². The van der Waals surface area contributed by atoms with Crippen molar-refractivity contribution in [1.82, 2.24) is 20.4 Å². The Balaban J connectivity index is 1.42. The van der Waals surface area contributed by atoms with Gasteiger partial charge in [0.15, 0.2) is 0 Å². The second-order valence-electron chi connectivity index (χ2n) is 8.72. The lowest BCUT2D eigenvalue weighted by Gasteiger charge is -2.15. The van der Waals surface area contributed by atoms with Gasteiger partial charge in [0.25, 0.3) is 17.7 Å². The molecule has 0 bridgehead atoms. The van der Waals surface area contributed by atoms with Gasteiger partial charge in [-0.3, -0.25) is 19.3 Å². The van der Waals surface area contributed by atoms with E-state index in [1.807, 2.05) is 43.3 Å². The summed E-state index contributed by atoms with van der Waals surface area (Å²) in [4.78, 5) is 54.5. The first-order chi connectivity index (χ1) is 17.7. The molecule has 3 N–H and O–H groups in total. The average molecular weight is 540 g/mol. The van der Waals surface area contributed by atoms with Gasteiger partial charge in [-0.2, -0.15) is 0 Å². The van der Waals surface area contributed by atoms with Gasteiger partial charge in [-0.15, -0.1) is 11.3 Å². The van der Waals surface area contributed by atoms with Crippen LogP contribution in [0.5, 0.6) is 0 Å². The third-order valence-corrected chi connectivity index (χ3v) is 6.90. The lowest BCUT2D eigenvalue weighted by atomic mass is 10.1. The zero-order valence-corrected chi connectivity index (χ0v) is 21.9. The van der Waals surface area contributed by atoms with Gasteiger partial charge in [0.1, 0.15) is 0 Å². The van der Waals surface area contributed by atoms with Crippen molar-refractivity contribution in [2.75, 3.05) is 32.5 Å². The fraction of sp³-hybridized carbons (Fsp3) is 0.231. The Hall–Kier alpha value is -3.73. The number of nitrogens with zero attached hydrogens (tertiary/aromatic N) is 2. The smallest absolute Gasteiger partial charge is 0.315 e. The van der Waals surface area contributed by atoms with E-state index in [-0.39, 0.29) is 29.4 Å². The largest absolute Gasteiger partial charge is 0.337 e. The first kappa shape index (κ1) is 26.3. The van der Waals surface area contributed by atoms with E-state index in [2.05, 4.69) is 16.0 Å². The molecule has 4 rings (SSSR count). The van der Waals surface area contributed by atoms with Crippen LogP contribution in [0.3, 0.4) is 0 Å². The number of imide groups is 1. The standard InChI is InChI=1S/C26H26ClN5O4S/c1-31(2)12-11-28-26(36)29-14-16-5-3-6-17(13-16)15-32-24(34)18-7-4-8-19(22(18)25(32)35)30-23(33)20-9-10-21(27)37-20/h3-10,13H,11-12,14-15H2,1-2H3,(H,30,33)(H2,28,29,36). The number of thiophene rings is 1. The molecular weight excluding hydrogens is 514 g/mol. The van der Waals surface area contributed by atoms with Gasteiger partial charge in [0.05, 0.1) is 32.6 Å². The number of rotatable bonds is 9. The van der Waals surface area contributed by atoms with Crippen LogP contribution in [0.25, 0.3) is 0 Å². The molecule has 1 aliphatic heterocycles. The Bertz CT molecular complexity index is 1360. The van der Waals surface area contributed by atoms with Crippen LogP contribution in [0.2, 0.25) is 4.34 Å². The molecule has 0 fully saturated rings. The number of halogens is 1. The zero-order valence-electron chi connectivity index (χ0n) is 20.3. The maximum Gasteiger partial charge on any atom is 0.315 e. The summed E-state index contributed by atoms with van der Waals surface area (Å²) in [5.74, 6) is -1.32. The number of amides is 5. The van der Waals surface area contributed by atoms with E-state index in [0.29, 0.717) is 22.3 Å². The molecule has 2 aromatic carbocycles. The number of hydrogen-bond acceptors (Lipinski definition) is 6. The van der Waals surface area contributed by atoms with Crippen LogP contribution >= 0.6 is 22.9 Å². The quantitative estimate of drug-likeness (QED) is 0.358. The van der Waals surface area contributed by atoms with Crippen LogP contribution < -0.4 is 16.0 Å². The maximum absolute atomic E-state index is 13.3. The molecule has 37 heavy (non-hydrogen) atoms. The van der Waals surface area contributed by atoms with Crippen molar-refractivity contribution >= 4 is 52.4 Å². The third-order valence-electron chi connectivity index (χ3n) is 5.67. The summed E-state index contributed by atoms with van der Waals surface area (Å²) in [6.07, 6.45) is 0. The minimum Gasteiger partial charge on any atom is -0.337 e. The second-order valence-corrected chi connectivity index (χ2v) is 10.4.